The van der Waals surface area contributed by atoms with Gasteiger partial charge in [0.1, 0.15) is 0 Å². The summed E-state index contributed by atoms with van der Waals surface area (Å²) < 4.78 is 1.06. The highest BCUT2D eigenvalue weighted by Gasteiger charge is 2.41. The zero-order chi connectivity index (χ0) is 18.7. The SMILES string of the molecule is C=C(C)C[C@]1(c2ccccc2)CCN([C@@H](C)c2ccc(Br)cc2)C(=O)C1. The maximum atomic E-state index is 13.1. The third kappa shape index (κ3) is 3.93. The van der Waals surface area contributed by atoms with Crippen molar-refractivity contribution in [1.82, 2.24) is 4.90 Å². The second kappa shape index (κ2) is 7.79. The molecule has 0 aliphatic carbocycles. The highest BCUT2D eigenvalue weighted by atomic mass is 79.9. The number of allylic oxidation sites excluding steroid dienone is 1. The molecule has 1 heterocycles. The summed E-state index contributed by atoms with van der Waals surface area (Å²) in [5.41, 5.74) is 3.44. The molecule has 3 rings (SSSR count). The van der Waals surface area contributed by atoms with Gasteiger partial charge in [-0.3, -0.25) is 4.79 Å². The molecule has 0 aromatic heterocycles. The average Bonchev–Trinajstić information content (AvgIpc) is 2.62. The van der Waals surface area contributed by atoms with E-state index >= 15 is 0 Å². The van der Waals surface area contributed by atoms with Crippen LogP contribution < -0.4 is 0 Å². The number of hydrogen-bond donors (Lipinski definition) is 0. The quantitative estimate of drug-likeness (QED) is 0.549. The fourth-order valence-electron chi connectivity index (χ4n) is 4.14. The van der Waals surface area contributed by atoms with Gasteiger partial charge in [0, 0.05) is 22.9 Å². The molecule has 1 fully saturated rings. The van der Waals surface area contributed by atoms with Crippen LogP contribution in [0.15, 0.2) is 71.2 Å². The van der Waals surface area contributed by atoms with Gasteiger partial charge in [0.15, 0.2) is 0 Å². The smallest absolute Gasteiger partial charge is 0.223 e. The summed E-state index contributed by atoms with van der Waals surface area (Å²) in [5.74, 6) is 0.233. The van der Waals surface area contributed by atoms with Gasteiger partial charge in [0.25, 0.3) is 0 Å². The molecule has 1 aliphatic heterocycles. The van der Waals surface area contributed by atoms with Crippen molar-refractivity contribution in [2.75, 3.05) is 6.54 Å². The van der Waals surface area contributed by atoms with Crippen LogP contribution in [-0.2, 0) is 10.2 Å². The number of piperidine rings is 1. The van der Waals surface area contributed by atoms with Crippen LogP contribution in [0.3, 0.4) is 0 Å². The third-order valence-corrected chi connectivity index (χ3v) is 6.02. The van der Waals surface area contributed by atoms with Gasteiger partial charge in [-0.25, -0.2) is 0 Å². The molecule has 0 radical (unpaired) electrons. The lowest BCUT2D eigenvalue weighted by Crippen LogP contribution is -2.47. The van der Waals surface area contributed by atoms with E-state index in [1.807, 2.05) is 23.1 Å². The van der Waals surface area contributed by atoms with Crippen LogP contribution in [0.2, 0.25) is 0 Å². The monoisotopic (exact) mass is 411 g/mol. The van der Waals surface area contributed by atoms with Gasteiger partial charge in [-0.15, -0.1) is 6.58 Å². The Morgan fingerprint density at radius 3 is 2.42 bits per heavy atom. The van der Waals surface area contributed by atoms with Crippen LogP contribution in [0, 0.1) is 0 Å². The Morgan fingerprint density at radius 1 is 1.19 bits per heavy atom. The number of rotatable bonds is 5. The molecule has 2 nitrogen and oxygen atoms in total. The van der Waals surface area contributed by atoms with E-state index in [1.165, 1.54) is 11.1 Å². The van der Waals surface area contributed by atoms with E-state index in [9.17, 15) is 4.79 Å². The second-order valence-corrected chi connectivity index (χ2v) is 8.44. The molecule has 3 heteroatoms. The van der Waals surface area contributed by atoms with E-state index in [0.29, 0.717) is 6.42 Å². The van der Waals surface area contributed by atoms with E-state index < -0.39 is 0 Å². The van der Waals surface area contributed by atoms with Crippen LogP contribution in [0.1, 0.15) is 50.3 Å². The van der Waals surface area contributed by atoms with Crippen molar-refractivity contribution in [2.24, 2.45) is 0 Å². The summed E-state index contributed by atoms with van der Waals surface area (Å²) >= 11 is 3.48. The molecule has 0 unspecified atom stereocenters. The fraction of sp³-hybridized carbons (Fsp3) is 0.348. The molecule has 0 bridgehead atoms. The zero-order valence-corrected chi connectivity index (χ0v) is 17.1. The van der Waals surface area contributed by atoms with Gasteiger partial charge < -0.3 is 4.90 Å². The minimum atomic E-state index is -0.125. The predicted octanol–water partition coefficient (Wildman–Crippen LogP) is 6.04. The highest BCUT2D eigenvalue weighted by Crippen LogP contribution is 2.42. The number of nitrogens with zero attached hydrogens (tertiary/aromatic N) is 1. The Morgan fingerprint density at radius 2 is 1.85 bits per heavy atom. The Kier molecular flexibility index (Phi) is 5.67. The Labute approximate surface area is 165 Å². The van der Waals surface area contributed by atoms with Crippen molar-refractivity contribution >= 4 is 21.8 Å². The summed E-state index contributed by atoms with van der Waals surface area (Å²) in [7, 11) is 0. The third-order valence-electron chi connectivity index (χ3n) is 5.49. The minimum Gasteiger partial charge on any atom is -0.336 e. The first-order valence-electron chi connectivity index (χ1n) is 9.16. The van der Waals surface area contributed by atoms with Crippen molar-refractivity contribution in [2.45, 2.75) is 44.6 Å². The Hall–Kier alpha value is -1.87. The lowest BCUT2D eigenvalue weighted by Gasteiger charge is -2.44. The zero-order valence-electron chi connectivity index (χ0n) is 15.5. The van der Waals surface area contributed by atoms with Crippen LogP contribution >= 0.6 is 15.9 Å². The maximum Gasteiger partial charge on any atom is 0.223 e. The first-order chi connectivity index (χ1) is 12.4. The number of benzene rings is 2. The molecule has 0 saturated carbocycles. The van der Waals surface area contributed by atoms with Crippen molar-refractivity contribution in [3.05, 3.63) is 82.3 Å². The van der Waals surface area contributed by atoms with E-state index in [-0.39, 0.29) is 17.4 Å². The molecule has 1 aliphatic rings. The first kappa shape index (κ1) is 18.9. The normalized spacial score (nSPS) is 21.5. The number of likely N-dealkylation sites (tertiary alicyclic amines) is 1. The van der Waals surface area contributed by atoms with Crippen LogP contribution in [0.5, 0.6) is 0 Å². The van der Waals surface area contributed by atoms with Crippen molar-refractivity contribution in [3.8, 4) is 0 Å². The number of carbonyl (C=O) groups is 1. The van der Waals surface area contributed by atoms with E-state index in [4.69, 9.17) is 0 Å². The van der Waals surface area contributed by atoms with Gasteiger partial charge >= 0.3 is 0 Å². The molecule has 136 valence electrons. The molecule has 26 heavy (non-hydrogen) atoms. The molecule has 1 saturated heterocycles. The lowest BCUT2D eigenvalue weighted by atomic mass is 9.68. The Bertz CT molecular complexity index is 784. The highest BCUT2D eigenvalue weighted by molar-refractivity contribution is 9.10. The largest absolute Gasteiger partial charge is 0.336 e. The van der Waals surface area contributed by atoms with Gasteiger partial charge in [-0.2, -0.15) is 0 Å². The standard InChI is InChI=1S/C23H26BrNO/c1-17(2)15-23(20-7-5-4-6-8-20)13-14-25(22(26)16-23)18(3)19-9-11-21(24)12-10-19/h4-12,18H,1,13-16H2,2-3H3/t18-,23+/m0/s1. The first-order valence-corrected chi connectivity index (χ1v) is 9.95. The van der Waals surface area contributed by atoms with E-state index in [0.717, 1.165) is 29.4 Å². The molecule has 0 spiro atoms. The fourth-order valence-corrected chi connectivity index (χ4v) is 4.40. The molecule has 1 amide bonds. The number of amides is 1. The molecular weight excluding hydrogens is 386 g/mol. The number of halogens is 1. The summed E-state index contributed by atoms with van der Waals surface area (Å²) in [5, 5.41) is 0. The maximum absolute atomic E-state index is 13.1. The summed E-state index contributed by atoms with van der Waals surface area (Å²) in [6, 6.07) is 18.8. The topological polar surface area (TPSA) is 20.3 Å². The van der Waals surface area contributed by atoms with Crippen LogP contribution in [0.25, 0.3) is 0 Å². The van der Waals surface area contributed by atoms with Crippen molar-refractivity contribution < 1.29 is 4.79 Å². The van der Waals surface area contributed by atoms with Crippen LogP contribution in [-0.4, -0.2) is 17.4 Å². The summed E-state index contributed by atoms with van der Waals surface area (Å²) in [6.45, 7) is 9.08. The van der Waals surface area contributed by atoms with Gasteiger partial charge in [0.05, 0.1) is 6.04 Å². The Balaban J connectivity index is 1.84. The summed E-state index contributed by atoms with van der Waals surface area (Å²) in [4.78, 5) is 15.2. The molecule has 2 aromatic rings. The van der Waals surface area contributed by atoms with E-state index in [1.54, 1.807) is 0 Å². The predicted molar refractivity (Wildman–Crippen MR) is 111 cm³/mol. The molecule has 0 N–H and O–H groups in total. The second-order valence-electron chi connectivity index (χ2n) is 7.52. The van der Waals surface area contributed by atoms with Gasteiger partial charge in [-0.05, 0) is 49.9 Å². The van der Waals surface area contributed by atoms with Gasteiger partial charge in [0.2, 0.25) is 5.91 Å². The lowest BCUT2D eigenvalue weighted by molar-refractivity contribution is -0.138. The number of hydrogen-bond acceptors (Lipinski definition) is 1. The minimum absolute atomic E-state index is 0.0919. The molecule has 2 aromatic carbocycles. The van der Waals surface area contributed by atoms with E-state index in [2.05, 4.69) is 72.8 Å². The van der Waals surface area contributed by atoms with Gasteiger partial charge in [-0.1, -0.05) is 64.0 Å². The number of carbonyl (C=O) groups excluding carboxylic acids is 1. The van der Waals surface area contributed by atoms with Crippen molar-refractivity contribution in [1.29, 1.82) is 0 Å². The van der Waals surface area contributed by atoms with Crippen LogP contribution in [0.4, 0.5) is 0 Å². The van der Waals surface area contributed by atoms with Crippen molar-refractivity contribution in [3.63, 3.8) is 0 Å². The molecule has 2 atom stereocenters. The molecular formula is C23H26BrNO. The summed E-state index contributed by atoms with van der Waals surface area (Å²) in [6.07, 6.45) is 2.38. The average molecular weight is 412 g/mol.